The fourth-order valence-corrected chi connectivity index (χ4v) is 1.93. The van der Waals surface area contributed by atoms with E-state index in [4.69, 9.17) is 0 Å². The van der Waals surface area contributed by atoms with Crippen molar-refractivity contribution < 1.29 is 0 Å². The Morgan fingerprint density at radius 2 is 1.27 bits per heavy atom. The highest BCUT2D eigenvalue weighted by Gasteiger charge is 1.84. The molecule has 0 saturated carbocycles. The van der Waals surface area contributed by atoms with E-state index in [1.807, 2.05) is 33.8 Å². The van der Waals surface area contributed by atoms with Crippen molar-refractivity contribution in [2.24, 2.45) is 0 Å². The van der Waals surface area contributed by atoms with Gasteiger partial charge in [0.05, 0.1) is 0 Å². The lowest BCUT2D eigenvalue weighted by atomic mass is 10.1. The number of hydrogen-bond donors (Lipinski definition) is 0. The molecule has 0 spiro atoms. The summed E-state index contributed by atoms with van der Waals surface area (Å²) in [6, 6.07) is 19.1. The van der Waals surface area contributed by atoms with Gasteiger partial charge in [0.25, 0.3) is 0 Å². The van der Waals surface area contributed by atoms with Gasteiger partial charge in [0, 0.05) is 0 Å². The number of hydrogen-bond acceptors (Lipinski definition) is 0. The summed E-state index contributed by atoms with van der Waals surface area (Å²) in [5.41, 5.74) is 5.42. The zero-order chi connectivity index (χ0) is 20.2. The predicted molar refractivity (Wildman–Crippen MR) is 122 cm³/mol. The summed E-state index contributed by atoms with van der Waals surface area (Å²) in [5, 5.41) is 0. The largest absolute Gasteiger partial charge is 0.0874 e. The maximum Gasteiger partial charge on any atom is -0.0281 e. The summed E-state index contributed by atoms with van der Waals surface area (Å²) in [6.07, 6.45) is 8.65. The maximum atomic E-state index is 2.20. The molecule has 0 saturated heterocycles. The number of benzene rings is 2. The summed E-state index contributed by atoms with van der Waals surface area (Å²) in [7, 11) is 0. The van der Waals surface area contributed by atoms with Gasteiger partial charge in [-0.3, -0.25) is 0 Å². The van der Waals surface area contributed by atoms with Crippen LogP contribution in [0.4, 0.5) is 0 Å². The third kappa shape index (κ3) is 16.8. The van der Waals surface area contributed by atoms with Crippen LogP contribution in [0, 0.1) is 13.8 Å². The predicted octanol–water partition coefficient (Wildman–Crippen LogP) is 8.50. The van der Waals surface area contributed by atoms with Crippen LogP contribution >= 0.6 is 0 Å². The molecule has 0 aliphatic carbocycles. The normalized spacial score (nSPS) is 9.92. The zero-order valence-corrected chi connectivity index (χ0v) is 18.3. The fourth-order valence-electron chi connectivity index (χ4n) is 1.93. The molecule has 2 aromatic rings. The van der Waals surface area contributed by atoms with Gasteiger partial charge in [-0.05, 0) is 46.6 Å². The second kappa shape index (κ2) is 19.2. The second-order valence-corrected chi connectivity index (χ2v) is 5.92. The summed E-state index contributed by atoms with van der Waals surface area (Å²) in [6.45, 7) is 16.5. The van der Waals surface area contributed by atoms with Crippen molar-refractivity contribution in [3.63, 3.8) is 0 Å². The van der Waals surface area contributed by atoms with E-state index in [1.165, 1.54) is 35.1 Å². The molecule has 0 amide bonds. The van der Waals surface area contributed by atoms with E-state index in [9.17, 15) is 0 Å². The molecule has 0 aromatic heterocycles. The number of aryl methyl sites for hydroxylation is 3. The minimum atomic E-state index is 1.21. The van der Waals surface area contributed by atoms with Gasteiger partial charge in [0.2, 0.25) is 0 Å². The van der Waals surface area contributed by atoms with Gasteiger partial charge in [-0.15, -0.1) is 0 Å². The Bertz CT molecular complexity index is 550. The molecule has 0 nitrogen and oxygen atoms in total. The van der Waals surface area contributed by atoms with Crippen molar-refractivity contribution in [2.75, 3.05) is 0 Å². The van der Waals surface area contributed by atoms with Crippen molar-refractivity contribution in [1.29, 1.82) is 0 Å². The van der Waals surface area contributed by atoms with Gasteiger partial charge in [-0.1, -0.05) is 117 Å². The van der Waals surface area contributed by atoms with E-state index < -0.39 is 0 Å². The van der Waals surface area contributed by atoms with Crippen molar-refractivity contribution in [3.05, 3.63) is 95.1 Å². The first kappa shape index (κ1) is 26.2. The summed E-state index contributed by atoms with van der Waals surface area (Å²) in [5.74, 6) is 0. The molecule has 0 N–H and O–H groups in total. The summed E-state index contributed by atoms with van der Waals surface area (Å²) in [4.78, 5) is 0. The van der Waals surface area contributed by atoms with Crippen LogP contribution in [0.15, 0.2) is 78.4 Å². The van der Waals surface area contributed by atoms with Crippen LogP contribution < -0.4 is 0 Å². The van der Waals surface area contributed by atoms with Gasteiger partial charge >= 0.3 is 0 Å². The average Bonchev–Trinajstić information content (AvgIpc) is 2.68. The Hall–Kier alpha value is -2.08. The van der Waals surface area contributed by atoms with Crippen LogP contribution in [0.3, 0.4) is 0 Å². The van der Waals surface area contributed by atoms with Crippen molar-refractivity contribution in [3.8, 4) is 0 Å². The monoisotopic (exact) mass is 352 g/mol. The molecule has 0 heterocycles. The van der Waals surface area contributed by atoms with E-state index in [-0.39, 0.29) is 0 Å². The SMILES string of the molecule is C/C=C\C(C)=C/C.CC.CCCc1ccccc1.Cc1ccc(C)cc1. The standard InChI is InChI=1S/C9H12.C8H10.C7H12.C2H6/c1-2-6-9-7-4-3-5-8-9;1-7-3-5-8(2)6-4-7;1-4-6-7(3)5-2;1-2/h3-5,7-8H,2,6H2,1H3;3-6H,1-2H3;4-6H,1-3H3;1-2H3/b;;6-4-,7-5-;. The molecule has 0 atom stereocenters. The maximum absolute atomic E-state index is 2.20. The van der Waals surface area contributed by atoms with E-state index in [0.717, 1.165) is 0 Å². The van der Waals surface area contributed by atoms with Crippen LogP contribution in [0.25, 0.3) is 0 Å². The van der Waals surface area contributed by atoms with Crippen LogP contribution in [0.1, 0.15) is 64.7 Å². The third-order valence-corrected chi connectivity index (χ3v) is 3.48. The Kier molecular flexibility index (Phi) is 19.4. The molecular formula is C26H40. The molecule has 2 rings (SSSR count). The van der Waals surface area contributed by atoms with Gasteiger partial charge < -0.3 is 0 Å². The fraction of sp³-hybridized carbons (Fsp3) is 0.385. The van der Waals surface area contributed by atoms with Gasteiger partial charge in [0.1, 0.15) is 0 Å². The van der Waals surface area contributed by atoms with Crippen molar-refractivity contribution in [1.82, 2.24) is 0 Å². The molecule has 26 heavy (non-hydrogen) atoms. The zero-order valence-electron chi connectivity index (χ0n) is 18.3. The first-order valence-electron chi connectivity index (χ1n) is 9.86. The minimum Gasteiger partial charge on any atom is -0.0874 e. The lowest BCUT2D eigenvalue weighted by Gasteiger charge is -1.93. The number of allylic oxidation sites excluding steroid dienone is 4. The molecule has 0 aliphatic heterocycles. The molecule has 0 bridgehead atoms. The highest BCUT2D eigenvalue weighted by molar-refractivity contribution is 5.19. The Morgan fingerprint density at radius 1 is 0.808 bits per heavy atom. The van der Waals surface area contributed by atoms with Crippen molar-refractivity contribution in [2.45, 2.75) is 68.2 Å². The highest BCUT2D eigenvalue weighted by Crippen LogP contribution is 2.00. The lowest BCUT2D eigenvalue weighted by Crippen LogP contribution is -1.78. The summed E-state index contributed by atoms with van der Waals surface area (Å²) < 4.78 is 0. The van der Waals surface area contributed by atoms with Gasteiger partial charge in [-0.2, -0.15) is 0 Å². The smallest absolute Gasteiger partial charge is 0.0281 e. The van der Waals surface area contributed by atoms with Crippen molar-refractivity contribution >= 4 is 0 Å². The van der Waals surface area contributed by atoms with Crippen LogP contribution in [-0.4, -0.2) is 0 Å². The van der Waals surface area contributed by atoms with Crippen LogP contribution in [-0.2, 0) is 6.42 Å². The third-order valence-electron chi connectivity index (χ3n) is 3.48. The average molecular weight is 353 g/mol. The molecule has 0 fully saturated rings. The molecule has 0 radical (unpaired) electrons. The first-order chi connectivity index (χ1) is 12.5. The van der Waals surface area contributed by atoms with E-state index >= 15 is 0 Å². The van der Waals surface area contributed by atoms with Gasteiger partial charge in [-0.25, -0.2) is 0 Å². The van der Waals surface area contributed by atoms with E-state index in [0.29, 0.717) is 0 Å². The molecule has 0 heteroatoms. The molecule has 2 aromatic carbocycles. The molecule has 144 valence electrons. The summed E-state index contributed by atoms with van der Waals surface area (Å²) >= 11 is 0. The Labute approximate surface area is 163 Å². The molecule has 0 unspecified atom stereocenters. The Morgan fingerprint density at radius 3 is 1.58 bits per heavy atom. The van der Waals surface area contributed by atoms with Crippen LogP contribution in [0.5, 0.6) is 0 Å². The first-order valence-corrected chi connectivity index (χ1v) is 9.86. The Balaban J connectivity index is 0. The van der Waals surface area contributed by atoms with E-state index in [1.54, 1.807) is 0 Å². The molecular weight excluding hydrogens is 312 g/mol. The number of rotatable bonds is 3. The topological polar surface area (TPSA) is 0 Å². The molecule has 0 aliphatic rings. The second-order valence-electron chi connectivity index (χ2n) is 5.92. The van der Waals surface area contributed by atoms with Gasteiger partial charge in [0.15, 0.2) is 0 Å². The minimum absolute atomic E-state index is 1.21. The highest BCUT2D eigenvalue weighted by atomic mass is 13.9. The lowest BCUT2D eigenvalue weighted by molar-refractivity contribution is 0.922. The quantitative estimate of drug-likeness (QED) is 0.486. The van der Waals surface area contributed by atoms with E-state index in [2.05, 4.69) is 94.4 Å². The van der Waals surface area contributed by atoms with Crippen LogP contribution in [0.2, 0.25) is 0 Å².